The highest BCUT2D eigenvalue weighted by molar-refractivity contribution is 9.10. The van der Waals surface area contributed by atoms with Crippen molar-refractivity contribution in [1.82, 2.24) is 9.78 Å². The van der Waals surface area contributed by atoms with E-state index in [1.54, 1.807) is 24.4 Å². The lowest BCUT2D eigenvalue weighted by molar-refractivity contribution is 0.0992. The molecule has 0 bridgehead atoms. The van der Waals surface area contributed by atoms with Gasteiger partial charge < -0.3 is 14.5 Å². The van der Waals surface area contributed by atoms with Crippen molar-refractivity contribution in [1.29, 1.82) is 0 Å². The van der Waals surface area contributed by atoms with Gasteiger partial charge in [0, 0.05) is 16.9 Å². The number of ether oxygens (including phenoxy) is 1. The molecule has 0 saturated heterocycles. The van der Waals surface area contributed by atoms with Gasteiger partial charge in [0.1, 0.15) is 18.1 Å². The van der Waals surface area contributed by atoms with Crippen molar-refractivity contribution in [2.75, 3.05) is 5.32 Å². The first-order valence-corrected chi connectivity index (χ1v) is 10.7. The van der Waals surface area contributed by atoms with Crippen LogP contribution in [0.5, 0.6) is 5.75 Å². The molecule has 6 nitrogen and oxygen atoms in total. The van der Waals surface area contributed by atoms with Crippen LogP contribution in [0.3, 0.4) is 0 Å². The number of rotatable bonds is 7. The number of furan rings is 1. The van der Waals surface area contributed by atoms with Gasteiger partial charge in [-0.2, -0.15) is 5.10 Å². The first-order valence-electron chi connectivity index (χ1n) is 9.52. The summed E-state index contributed by atoms with van der Waals surface area (Å²) in [5, 5.41) is 7.77. The molecular formula is C23H19BrClN3O3. The molecule has 0 radical (unpaired) electrons. The molecule has 2 aromatic heterocycles. The van der Waals surface area contributed by atoms with Gasteiger partial charge in [0.25, 0.3) is 5.91 Å². The highest BCUT2D eigenvalue weighted by Gasteiger charge is 2.13. The summed E-state index contributed by atoms with van der Waals surface area (Å²) in [7, 11) is 0. The molecule has 1 N–H and O–H groups in total. The molecule has 0 unspecified atom stereocenters. The zero-order chi connectivity index (χ0) is 21.8. The van der Waals surface area contributed by atoms with E-state index in [0.717, 1.165) is 15.6 Å². The topological polar surface area (TPSA) is 69.3 Å². The highest BCUT2D eigenvalue weighted by atomic mass is 79.9. The van der Waals surface area contributed by atoms with E-state index in [4.69, 9.17) is 20.8 Å². The van der Waals surface area contributed by atoms with Crippen LogP contribution >= 0.6 is 27.5 Å². The Labute approximate surface area is 192 Å². The number of hydrogen-bond donors (Lipinski definition) is 1. The predicted molar refractivity (Wildman–Crippen MR) is 123 cm³/mol. The summed E-state index contributed by atoms with van der Waals surface area (Å²) in [4.78, 5) is 12.6. The molecule has 0 saturated carbocycles. The lowest BCUT2D eigenvalue weighted by atomic mass is 10.2. The molecule has 0 fully saturated rings. The molecule has 8 heteroatoms. The van der Waals surface area contributed by atoms with E-state index >= 15 is 0 Å². The van der Waals surface area contributed by atoms with Crippen molar-refractivity contribution in [3.05, 3.63) is 99.1 Å². The molecule has 158 valence electrons. The van der Waals surface area contributed by atoms with Crippen LogP contribution in [0.15, 0.2) is 75.9 Å². The van der Waals surface area contributed by atoms with Crippen LogP contribution in [0.25, 0.3) is 0 Å². The fraction of sp³-hybridized carbons (Fsp3) is 0.130. The van der Waals surface area contributed by atoms with Crippen molar-refractivity contribution in [3.63, 3.8) is 0 Å². The fourth-order valence-corrected chi connectivity index (χ4v) is 3.61. The van der Waals surface area contributed by atoms with Crippen LogP contribution in [0.2, 0.25) is 5.02 Å². The number of benzene rings is 2. The Kier molecular flexibility index (Phi) is 6.44. The number of nitrogens with zero attached hydrogens (tertiary/aromatic N) is 2. The van der Waals surface area contributed by atoms with Gasteiger partial charge in [-0.15, -0.1) is 0 Å². The maximum atomic E-state index is 12.6. The van der Waals surface area contributed by atoms with Crippen LogP contribution < -0.4 is 10.1 Å². The maximum absolute atomic E-state index is 12.6. The van der Waals surface area contributed by atoms with Gasteiger partial charge in [-0.25, -0.2) is 0 Å². The monoisotopic (exact) mass is 499 g/mol. The Hall–Kier alpha value is -3.03. The number of anilines is 1. The molecule has 2 aromatic carbocycles. The predicted octanol–water partition coefficient (Wildman–Crippen LogP) is 6.08. The second kappa shape index (κ2) is 9.41. The van der Waals surface area contributed by atoms with Crippen molar-refractivity contribution in [2.45, 2.75) is 20.1 Å². The minimum Gasteiger partial charge on any atom is -0.485 e. The largest absolute Gasteiger partial charge is 0.485 e. The number of hydrogen-bond acceptors (Lipinski definition) is 4. The van der Waals surface area contributed by atoms with E-state index in [1.807, 2.05) is 54.2 Å². The number of nitrogens with one attached hydrogen (secondary N) is 1. The zero-order valence-electron chi connectivity index (χ0n) is 16.6. The van der Waals surface area contributed by atoms with Crippen LogP contribution in [0.4, 0.5) is 5.69 Å². The zero-order valence-corrected chi connectivity index (χ0v) is 19.0. The highest BCUT2D eigenvalue weighted by Crippen LogP contribution is 2.23. The van der Waals surface area contributed by atoms with Crippen LogP contribution in [-0.2, 0) is 13.2 Å². The Morgan fingerprint density at radius 3 is 2.87 bits per heavy atom. The molecule has 4 rings (SSSR count). The number of amides is 1. The molecule has 31 heavy (non-hydrogen) atoms. The van der Waals surface area contributed by atoms with Crippen LogP contribution in [0.1, 0.15) is 27.4 Å². The molecule has 1 amide bonds. The quantitative estimate of drug-likeness (QED) is 0.334. The average molecular weight is 501 g/mol. The number of carbonyl (C=O) groups excluding carboxylic acids is 1. The third-order valence-electron chi connectivity index (χ3n) is 4.52. The molecule has 2 heterocycles. The number of carbonyl (C=O) groups is 1. The van der Waals surface area contributed by atoms with Gasteiger partial charge in [-0.05, 0) is 76.4 Å². The van der Waals surface area contributed by atoms with Crippen molar-refractivity contribution < 1.29 is 13.9 Å². The summed E-state index contributed by atoms with van der Waals surface area (Å²) in [6, 6.07) is 16.4. The van der Waals surface area contributed by atoms with Gasteiger partial charge in [0.2, 0.25) is 0 Å². The molecule has 0 spiro atoms. The van der Waals surface area contributed by atoms with E-state index in [1.165, 1.54) is 0 Å². The molecule has 0 aliphatic rings. The Morgan fingerprint density at radius 1 is 1.23 bits per heavy atom. The third-order valence-corrected chi connectivity index (χ3v) is 5.17. The maximum Gasteiger partial charge on any atom is 0.291 e. The van der Waals surface area contributed by atoms with E-state index < -0.39 is 0 Å². The average Bonchev–Trinajstić information content (AvgIpc) is 3.37. The Bertz CT molecular complexity index is 1220. The number of aromatic nitrogens is 2. The number of aryl methyl sites for hydroxylation is 1. The summed E-state index contributed by atoms with van der Waals surface area (Å²) in [6.45, 7) is 2.73. The summed E-state index contributed by atoms with van der Waals surface area (Å²) in [5.74, 6) is 1.16. The smallest absolute Gasteiger partial charge is 0.291 e. The molecular weight excluding hydrogens is 482 g/mol. The van der Waals surface area contributed by atoms with E-state index in [0.29, 0.717) is 28.8 Å². The number of halogens is 2. The summed E-state index contributed by atoms with van der Waals surface area (Å²) in [5.41, 5.74) is 2.62. The molecule has 4 aromatic rings. The molecule has 0 aliphatic carbocycles. The second-order valence-electron chi connectivity index (χ2n) is 6.98. The second-order valence-corrected chi connectivity index (χ2v) is 8.33. The van der Waals surface area contributed by atoms with Crippen molar-refractivity contribution in [3.8, 4) is 5.75 Å². The first kappa shape index (κ1) is 21.2. The van der Waals surface area contributed by atoms with Crippen LogP contribution in [-0.4, -0.2) is 15.7 Å². The Morgan fingerprint density at radius 2 is 2.10 bits per heavy atom. The minimum absolute atomic E-state index is 0.213. The normalized spacial score (nSPS) is 10.8. The summed E-state index contributed by atoms with van der Waals surface area (Å²) < 4.78 is 14.1. The summed E-state index contributed by atoms with van der Waals surface area (Å²) in [6.07, 6.45) is 3.63. The lowest BCUT2D eigenvalue weighted by Gasteiger charge is -2.08. The van der Waals surface area contributed by atoms with Gasteiger partial charge >= 0.3 is 0 Å². The Balaban J connectivity index is 1.37. The fourth-order valence-electron chi connectivity index (χ4n) is 3.05. The summed E-state index contributed by atoms with van der Waals surface area (Å²) >= 11 is 9.35. The van der Waals surface area contributed by atoms with Crippen LogP contribution in [0, 0.1) is 6.92 Å². The lowest BCUT2D eigenvalue weighted by Crippen LogP contribution is -2.11. The van der Waals surface area contributed by atoms with Gasteiger partial charge in [0.15, 0.2) is 5.76 Å². The SMILES string of the molecule is Cc1cc(Cl)ccc1OCc1ccc(C(=O)Nc2cccc(Cn3cc(Br)cn3)c2)o1. The van der Waals surface area contributed by atoms with Gasteiger partial charge in [0.05, 0.1) is 17.2 Å². The van der Waals surface area contributed by atoms with Gasteiger partial charge in [-0.3, -0.25) is 9.48 Å². The standard InChI is InChI=1S/C23H19BrClN3O3/c1-15-9-18(25)5-7-21(15)30-14-20-6-8-22(31-20)23(29)27-19-4-2-3-16(10-19)12-28-13-17(24)11-26-28/h2-11,13H,12,14H2,1H3,(H,27,29). The van der Waals surface area contributed by atoms with E-state index in [-0.39, 0.29) is 18.3 Å². The minimum atomic E-state index is -0.326. The first-order chi connectivity index (χ1) is 15.0. The van der Waals surface area contributed by atoms with Crippen molar-refractivity contribution in [2.24, 2.45) is 0 Å². The molecule has 0 aliphatic heterocycles. The molecule has 0 atom stereocenters. The van der Waals surface area contributed by atoms with Gasteiger partial charge in [-0.1, -0.05) is 23.7 Å². The van der Waals surface area contributed by atoms with Crippen molar-refractivity contribution >= 4 is 39.1 Å². The van der Waals surface area contributed by atoms with E-state index in [9.17, 15) is 4.79 Å². The van der Waals surface area contributed by atoms with E-state index in [2.05, 4.69) is 26.3 Å². The third kappa shape index (κ3) is 5.57.